The molecular formula is C9H13N4P. The maximum atomic E-state index is 5.14. The fourth-order valence-electron chi connectivity index (χ4n) is 1.03. The quantitative estimate of drug-likeness (QED) is 0.313. The van der Waals surface area contributed by atoms with Gasteiger partial charge in [0.25, 0.3) is 0 Å². The van der Waals surface area contributed by atoms with Crippen molar-refractivity contribution < 1.29 is 0 Å². The second kappa shape index (κ2) is 4.72. The van der Waals surface area contributed by atoms with Crippen LogP contribution in [-0.2, 0) is 0 Å². The van der Waals surface area contributed by atoms with E-state index in [1.165, 1.54) is 0 Å². The van der Waals surface area contributed by atoms with Gasteiger partial charge in [0.15, 0.2) is 0 Å². The first-order valence-corrected chi connectivity index (χ1v) is 4.66. The van der Waals surface area contributed by atoms with E-state index >= 15 is 0 Å². The molecule has 0 aromatic heterocycles. The molecule has 0 aliphatic heterocycles. The first-order valence-electron chi connectivity index (χ1n) is 4.08. The van der Waals surface area contributed by atoms with E-state index in [0.717, 1.165) is 16.4 Å². The van der Waals surface area contributed by atoms with Gasteiger partial charge in [-0.25, -0.2) is 0 Å². The van der Waals surface area contributed by atoms with Crippen LogP contribution in [0, 0.1) is 6.92 Å². The molecule has 1 aromatic rings. The first kappa shape index (κ1) is 10.7. The number of hydrogen-bond acceptors (Lipinski definition) is 2. The number of rotatable bonds is 2. The van der Waals surface area contributed by atoms with Gasteiger partial charge in [0.2, 0.25) is 5.96 Å². The number of benzene rings is 1. The Balaban J connectivity index is 2.97. The third-order valence-electron chi connectivity index (χ3n) is 1.72. The molecule has 1 unspecified atom stereocenters. The predicted octanol–water partition coefficient (Wildman–Crippen LogP) is 0.103. The van der Waals surface area contributed by atoms with Gasteiger partial charge in [0.05, 0.1) is 6.21 Å². The number of guanidine groups is 1. The molecular weight excluding hydrogens is 195 g/mol. The number of aryl methyl sites for hydroxylation is 1. The molecule has 1 rings (SSSR count). The third-order valence-corrected chi connectivity index (χ3v) is 2.22. The highest BCUT2D eigenvalue weighted by atomic mass is 31.0. The second-order valence-electron chi connectivity index (χ2n) is 2.85. The van der Waals surface area contributed by atoms with E-state index in [9.17, 15) is 0 Å². The molecule has 0 aliphatic rings. The molecule has 0 radical (unpaired) electrons. The lowest BCUT2D eigenvalue weighted by Gasteiger charge is -2.01. The van der Waals surface area contributed by atoms with E-state index in [1.807, 2.05) is 25.1 Å². The Kier molecular flexibility index (Phi) is 3.60. The normalized spacial score (nSPS) is 10.4. The predicted molar refractivity (Wildman–Crippen MR) is 63.9 cm³/mol. The summed E-state index contributed by atoms with van der Waals surface area (Å²) in [5, 5.41) is 8.37. The molecule has 74 valence electrons. The van der Waals surface area contributed by atoms with Crippen molar-refractivity contribution >= 4 is 26.7 Å². The maximum Gasteiger partial charge on any atom is 0.211 e. The first-order chi connectivity index (χ1) is 6.61. The molecule has 0 saturated heterocycles. The van der Waals surface area contributed by atoms with Gasteiger partial charge in [-0.3, -0.25) is 0 Å². The Morgan fingerprint density at radius 3 is 2.71 bits per heavy atom. The lowest BCUT2D eigenvalue weighted by atomic mass is 10.1. The van der Waals surface area contributed by atoms with Crippen molar-refractivity contribution in [1.82, 2.24) is 0 Å². The van der Waals surface area contributed by atoms with E-state index in [-0.39, 0.29) is 5.96 Å². The van der Waals surface area contributed by atoms with E-state index in [0.29, 0.717) is 0 Å². The minimum atomic E-state index is -0.0415. The van der Waals surface area contributed by atoms with Crippen LogP contribution in [0.25, 0.3) is 0 Å². The van der Waals surface area contributed by atoms with Crippen LogP contribution in [0.1, 0.15) is 11.1 Å². The van der Waals surface area contributed by atoms with Crippen molar-refractivity contribution in [2.75, 3.05) is 0 Å². The lowest BCUT2D eigenvalue weighted by molar-refractivity contribution is 1.21. The van der Waals surface area contributed by atoms with Crippen LogP contribution < -0.4 is 16.8 Å². The molecule has 0 heterocycles. The van der Waals surface area contributed by atoms with Gasteiger partial charge in [0.1, 0.15) is 0 Å². The summed E-state index contributed by atoms with van der Waals surface area (Å²) in [6.07, 6.45) is 1.64. The largest absolute Gasteiger partial charge is 0.369 e. The van der Waals surface area contributed by atoms with Crippen LogP contribution in [0.15, 0.2) is 28.4 Å². The molecule has 0 aliphatic carbocycles. The molecule has 0 fully saturated rings. The molecule has 14 heavy (non-hydrogen) atoms. The molecule has 0 spiro atoms. The van der Waals surface area contributed by atoms with Gasteiger partial charge < -0.3 is 11.5 Å². The van der Waals surface area contributed by atoms with Crippen molar-refractivity contribution in [2.24, 2.45) is 21.7 Å². The summed E-state index contributed by atoms with van der Waals surface area (Å²) >= 11 is 0. The average Bonchev–Trinajstić information content (AvgIpc) is 2.09. The highest BCUT2D eigenvalue weighted by Gasteiger charge is 1.97. The molecule has 0 bridgehead atoms. The number of nitrogens with zero attached hydrogens (tertiary/aromatic N) is 2. The van der Waals surface area contributed by atoms with Gasteiger partial charge >= 0.3 is 0 Å². The summed E-state index contributed by atoms with van der Waals surface area (Å²) in [5.41, 5.74) is 12.4. The molecule has 1 atom stereocenters. The van der Waals surface area contributed by atoms with Crippen LogP contribution in [0.5, 0.6) is 0 Å². The van der Waals surface area contributed by atoms with Crippen molar-refractivity contribution in [1.29, 1.82) is 0 Å². The van der Waals surface area contributed by atoms with Gasteiger partial charge in [0, 0.05) is 5.56 Å². The summed E-state index contributed by atoms with van der Waals surface area (Å²) in [4.78, 5) is 0. The molecule has 4 N–H and O–H groups in total. The zero-order valence-corrected chi connectivity index (χ0v) is 9.09. The second-order valence-corrected chi connectivity index (χ2v) is 3.47. The number of hydrogen-bond donors (Lipinski definition) is 2. The Morgan fingerprint density at radius 2 is 2.14 bits per heavy atom. The minimum Gasteiger partial charge on any atom is -0.369 e. The maximum absolute atomic E-state index is 5.14. The summed E-state index contributed by atoms with van der Waals surface area (Å²) < 4.78 is 0. The molecule has 5 heteroatoms. The topological polar surface area (TPSA) is 76.8 Å². The summed E-state index contributed by atoms with van der Waals surface area (Å²) in [6.45, 7) is 2.00. The standard InChI is InChI=1S/C9H13N4P/c1-6-3-2-4-8(14)7(6)5-12-13-9(10)11/h2-5H,14H2,1H3,(H4,10,11,13)/b12-5+. The summed E-state index contributed by atoms with van der Waals surface area (Å²) in [6, 6.07) is 5.97. The van der Waals surface area contributed by atoms with Gasteiger partial charge in [-0.1, -0.05) is 18.2 Å². The highest BCUT2D eigenvalue weighted by Crippen LogP contribution is 2.05. The SMILES string of the molecule is Cc1cccc(P)c1/C=N/N=C(N)N. The third kappa shape index (κ3) is 2.82. The van der Waals surface area contributed by atoms with Crippen LogP contribution >= 0.6 is 9.24 Å². The summed E-state index contributed by atoms with van der Waals surface area (Å²) in [7, 11) is 2.64. The Labute approximate surface area is 85.3 Å². The van der Waals surface area contributed by atoms with Crippen molar-refractivity contribution in [3.8, 4) is 0 Å². The highest BCUT2D eigenvalue weighted by molar-refractivity contribution is 7.27. The Bertz CT molecular complexity index is 360. The number of nitrogens with two attached hydrogens (primary N) is 2. The van der Waals surface area contributed by atoms with Gasteiger partial charge in [-0.15, -0.1) is 14.3 Å². The Morgan fingerprint density at radius 1 is 1.43 bits per heavy atom. The van der Waals surface area contributed by atoms with Crippen LogP contribution in [0.3, 0.4) is 0 Å². The minimum absolute atomic E-state index is 0.0415. The molecule has 4 nitrogen and oxygen atoms in total. The monoisotopic (exact) mass is 208 g/mol. The molecule has 0 saturated carbocycles. The Hall–Kier alpha value is -1.41. The lowest BCUT2D eigenvalue weighted by Crippen LogP contribution is -2.21. The van der Waals surface area contributed by atoms with E-state index in [4.69, 9.17) is 11.5 Å². The molecule has 0 amide bonds. The van der Waals surface area contributed by atoms with Crippen LogP contribution in [-0.4, -0.2) is 12.2 Å². The summed E-state index contributed by atoms with van der Waals surface area (Å²) in [5.74, 6) is -0.0415. The van der Waals surface area contributed by atoms with Crippen molar-refractivity contribution in [2.45, 2.75) is 6.92 Å². The van der Waals surface area contributed by atoms with E-state index in [1.54, 1.807) is 6.21 Å². The van der Waals surface area contributed by atoms with Crippen LogP contribution in [0.4, 0.5) is 0 Å². The van der Waals surface area contributed by atoms with Gasteiger partial charge in [-0.05, 0) is 17.8 Å². The smallest absolute Gasteiger partial charge is 0.211 e. The zero-order valence-electron chi connectivity index (χ0n) is 7.94. The fourth-order valence-corrected chi connectivity index (χ4v) is 1.45. The average molecular weight is 208 g/mol. The zero-order chi connectivity index (χ0) is 10.6. The van der Waals surface area contributed by atoms with Crippen molar-refractivity contribution in [3.05, 3.63) is 29.3 Å². The van der Waals surface area contributed by atoms with E-state index in [2.05, 4.69) is 19.4 Å². The van der Waals surface area contributed by atoms with Crippen molar-refractivity contribution in [3.63, 3.8) is 0 Å². The van der Waals surface area contributed by atoms with Gasteiger partial charge in [-0.2, -0.15) is 5.10 Å². The fraction of sp³-hybridized carbons (Fsp3) is 0.111. The molecule has 1 aromatic carbocycles. The van der Waals surface area contributed by atoms with Crippen LogP contribution in [0.2, 0.25) is 0 Å². The van der Waals surface area contributed by atoms with E-state index < -0.39 is 0 Å².